The molecule has 0 spiro atoms. The number of halogens is 1. The van der Waals surface area contributed by atoms with Crippen molar-refractivity contribution in [3.63, 3.8) is 0 Å². The zero-order valence-electron chi connectivity index (χ0n) is 11.1. The minimum Gasteiger partial charge on any atom is -0.493 e. The maximum Gasteiger partial charge on any atom is 0.161 e. The first-order valence-electron chi connectivity index (χ1n) is 5.91. The Morgan fingerprint density at radius 1 is 1.22 bits per heavy atom. The number of rotatable bonds is 8. The van der Waals surface area contributed by atoms with Gasteiger partial charge >= 0.3 is 0 Å². The van der Waals surface area contributed by atoms with Crippen LogP contribution in [0.2, 0.25) is 0 Å². The molecule has 0 fully saturated rings. The van der Waals surface area contributed by atoms with Crippen LogP contribution in [0.15, 0.2) is 16.6 Å². The Morgan fingerprint density at radius 3 is 2.61 bits per heavy atom. The molecule has 0 saturated carbocycles. The first-order chi connectivity index (χ1) is 8.72. The molecule has 1 rings (SSSR count). The largest absolute Gasteiger partial charge is 0.493 e. The highest BCUT2D eigenvalue weighted by molar-refractivity contribution is 9.10. The Labute approximate surface area is 117 Å². The fourth-order valence-electron chi connectivity index (χ4n) is 1.54. The molecule has 102 valence electrons. The molecule has 0 amide bonds. The van der Waals surface area contributed by atoms with Crippen molar-refractivity contribution >= 4 is 15.9 Å². The highest BCUT2D eigenvalue weighted by Gasteiger charge is 2.09. The van der Waals surface area contributed by atoms with Gasteiger partial charge in [0.05, 0.1) is 20.3 Å². The van der Waals surface area contributed by atoms with Crippen LogP contribution in [0.25, 0.3) is 0 Å². The summed E-state index contributed by atoms with van der Waals surface area (Å²) >= 11 is 3.54. The molecule has 0 atom stereocenters. The van der Waals surface area contributed by atoms with Gasteiger partial charge in [0, 0.05) is 24.7 Å². The maximum absolute atomic E-state index is 5.55. The van der Waals surface area contributed by atoms with Crippen molar-refractivity contribution in [3.8, 4) is 11.5 Å². The first kappa shape index (κ1) is 15.3. The zero-order chi connectivity index (χ0) is 13.4. The second kappa shape index (κ2) is 8.34. The zero-order valence-corrected chi connectivity index (χ0v) is 12.7. The fraction of sp³-hybridized carbons (Fsp3) is 0.538. The molecule has 5 heteroatoms. The van der Waals surface area contributed by atoms with Crippen molar-refractivity contribution in [2.75, 3.05) is 34.0 Å². The second-order valence-corrected chi connectivity index (χ2v) is 4.55. The van der Waals surface area contributed by atoms with E-state index in [-0.39, 0.29) is 0 Å². The highest BCUT2D eigenvalue weighted by atomic mass is 79.9. The fourth-order valence-corrected chi connectivity index (χ4v) is 2.00. The van der Waals surface area contributed by atoms with Gasteiger partial charge in [-0.05, 0) is 24.6 Å². The number of nitrogens with one attached hydrogen (secondary N) is 1. The predicted molar refractivity (Wildman–Crippen MR) is 75.4 cm³/mol. The van der Waals surface area contributed by atoms with Crippen LogP contribution in [0.4, 0.5) is 0 Å². The van der Waals surface area contributed by atoms with E-state index in [4.69, 9.17) is 14.2 Å². The van der Waals surface area contributed by atoms with E-state index in [1.807, 2.05) is 19.1 Å². The van der Waals surface area contributed by atoms with Crippen LogP contribution < -0.4 is 14.8 Å². The number of benzene rings is 1. The summed E-state index contributed by atoms with van der Waals surface area (Å²) in [6.45, 7) is 4.85. The minimum absolute atomic E-state index is 0.620. The van der Waals surface area contributed by atoms with Gasteiger partial charge in [0.1, 0.15) is 0 Å². The van der Waals surface area contributed by atoms with Crippen LogP contribution in [0, 0.1) is 0 Å². The number of hydrogen-bond acceptors (Lipinski definition) is 4. The molecular weight excluding hydrogens is 298 g/mol. The van der Waals surface area contributed by atoms with Gasteiger partial charge in [-0.1, -0.05) is 15.9 Å². The van der Waals surface area contributed by atoms with Crippen LogP contribution in [0.5, 0.6) is 11.5 Å². The van der Waals surface area contributed by atoms with Gasteiger partial charge in [-0.3, -0.25) is 0 Å². The van der Waals surface area contributed by atoms with Crippen molar-refractivity contribution in [3.05, 3.63) is 22.2 Å². The van der Waals surface area contributed by atoms with E-state index in [9.17, 15) is 0 Å². The minimum atomic E-state index is 0.620. The Morgan fingerprint density at radius 2 is 2.00 bits per heavy atom. The molecule has 0 aliphatic heterocycles. The number of hydrogen-bond donors (Lipinski definition) is 1. The summed E-state index contributed by atoms with van der Waals surface area (Å²) in [4.78, 5) is 0. The molecule has 0 radical (unpaired) electrons. The smallest absolute Gasteiger partial charge is 0.161 e. The molecule has 0 aromatic heterocycles. The van der Waals surface area contributed by atoms with Gasteiger partial charge in [0.2, 0.25) is 0 Å². The topological polar surface area (TPSA) is 39.7 Å². The van der Waals surface area contributed by atoms with Gasteiger partial charge in [-0.15, -0.1) is 0 Å². The molecule has 0 aliphatic rings. The molecule has 0 saturated heterocycles. The Kier molecular flexibility index (Phi) is 7.08. The number of methoxy groups -OCH3 is 2. The third-order valence-corrected chi connectivity index (χ3v) is 3.17. The van der Waals surface area contributed by atoms with Crippen LogP contribution in [0.3, 0.4) is 0 Å². The summed E-state index contributed by atoms with van der Waals surface area (Å²) in [6.07, 6.45) is 0. The summed E-state index contributed by atoms with van der Waals surface area (Å²) in [5, 5.41) is 3.30. The molecular formula is C13H20BrNO3. The molecule has 0 unspecified atom stereocenters. The van der Waals surface area contributed by atoms with Gasteiger partial charge in [0.15, 0.2) is 11.5 Å². The lowest BCUT2D eigenvalue weighted by Gasteiger charge is -2.13. The van der Waals surface area contributed by atoms with E-state index in [2.05, 4.69) is 21.2 Å². The lowest BCUT2D eigenvalue weighted by Crippen LogP contribution is -2.18. The van der Waals surface area contributed by atoms with Crippen molar-refractivity contribution in [1.29, 1.82) is 0 Å². The Hall–Kier alpha value is -0.780. The molecule has 1 N–H and O–H groups in total. The predicted octanol–water partition coefficient (Wildman–Crippen LogP) is 2.59. The third-order valence-electron chi connectivity index (χ3n) is 2.43. The van der Waals surface area contributed by atoms with Crippen molar-refractivity contribution in [1.82, 2.24) is 5.32 Å². The highest BCUT2D eigenvalue weighted by Crippen LogP contribution is 2.33. The van der Waals surface area contributed by atoms with Crippen LogP contribution >= 0.6 is 15.9 Å². The Bertz CT molecular complexity index is 371. The lowest BCUT2D eigenvalue weighted by atomic mass is 10.2. The molecule has 0 heterocycles. The average molecular weight is 318 g/mol. The van der Waals surface area contributed by atoms with Gasteiger partial charge < -0.3 is 19.5 Å². The van der Waals surface area contributed by atoms with Crippen LogP contribution in [-0.2, 0) is 11.3 Å². The van der Waals surface area contributed by atoms with E-state index < -0.39 is 0 Å². The summed E-state index contributed by atoms with van der Waals surface area (Å²) < 4.78 is 16.8. The third kappa shape index (κ3) is 4.48. The first-order valence-corrected chi connectivity index (χ1v) is 6.71. The summed E-state index contributed by atoms with van der Waals surface area (Å²) in [7, 11) is 3.33. The van der Waals surface area contributed by atoms with Gasteiger partial charge in [0.25, 0.3) is 0 Å². The van der Waals surface area contributed by atoms with Crippen LogP contribution in [-0.4, -0.2) is 34.0 Å². The van der Waals surface area contributed by atoms with E-state index in [1.165, 1.54) is 0 Å². The van der Waals surface area contributed by atoms with E-state index in [1.54, 1.807) is 14.2 Å². The number of ether oxygens (including phenoxy) is 3. The monoisotopic (exact) mass is 317 g/mol. The van der Waals surface area contributed by atoms with Crippen LogP contribution in [0.1, 0.15) is 12.5 Å². The SMILES string of the molecule is CCOc1cc(CNCCOC)c(Br)cc1OC. The van der Waals surface area contributed by atoms with E-state index in [0.29, 0.717) is 13.2 Å². The molecule has 0 aliphatic carbocycles. The average Bonchev–Trinajstić information content (AvgIpc) is 2.37. The van der Waals surface area contributed by atoms with Gasteiger partial charge in [-0.2, -0.15) is 0 Å². The standard InChI is InChI=1S/C13H20BrNO3/c1-4-18-13-7-10(9-15-5-6-16-2)11(14)8-12(13)17-3/h7-8,15H,4-6,9H2,1-3H3. The molecule has 1 aromatic carbocycles. The summed E-state index contributed by atoms with van der Waals surface area (Å²) in [5.74, 6) is 1.51. The lowest BCUT2D eigenvalue weighted by molar-refractivity contribution is 0.199. The van der Waals surface area contributed by atoms with Crippen molar-refractivity contribution in [2.45, 2.75) is 13.5 Å². The normalized spacial score (nSPS) is 10.4. The Balaban J connectivity index is 2.74. The molecule has 1 aromatic rings. The van der Waals surface area contributed by atoms with Gasteiger partial charge in [-0.25, -0.2) is 0 Å². The summed E-state index contributed by atoms with van der Waals surface area (Å²) in [6, 6.07) is 3.92. The van der Waals surface area contributed by atoms with Crippen molar-refractivity contribution < 1.29 is 14.2 Å². The van der Waals surface area contributed by atoms with E-state index >= 15 is 0 Å². The maximum atomic E-state index is 5.55. The van der Waals surface area contributed by atoms with E-state index in [0.717, 1.165) is 34.6 Å². The molecule has 18 heavy (non-hydrogen) atoms. The second-order valence-electron chi connectivity index (χ2n) is 3.70. The molecule has 0 bridgehead atoms. The quantitative estimate of drug-likeness (QED) is 0.748. The summed E-state index contributed by atoms with van der Waals surface area (Å²) in [5.41, 5.74) is 1.13. The molecule has 4 nitrogen and oxygen atoms in total. The van der Waals surface area contributed by atoms with Crippen molar-refractivity contribution in [2.24, 2.45) is 0 Å².